The van der Waals surface area contributed by atoms with Crippen LogP contribution in [0.4, 0.5) is 4.39 Å². The Morgan fingerprint density at radius 3 is 3.00 bits per heavy atom. The smallest absolute Gasteiger partial charge is 0.302 e. The first-order valence-corrected chi connectivity index (χ1v) is 4.95. The van der Waals surface area contributed by atoms with Crippen molar-refractivity contribution in [2.45, 2.75) is 13.5 Å². The van der Waals surface area contributed by atoms with Gasteiger partial charge in [-0.25, -0.2) is 0 Å². The molecule has 5 heteroatoms. The number of carbonyl (C=O) groups excluding carboxylic acids is 1. The lowest BCUT2D eigenvalue weighted by molar-refractivity contribution is -0.142. The highest BCUT2D eigenvalue weighted by Crippen LogP contribution is 2.29. The van der Waals surface area contributed by atoms with Crippen LogP contribution in [0.15, 0.2) is 22.6 Å². The highest BCUT2D eigenvalue weighted by atomic mass is 35.5. The number of rotatable bonds is 2. The molecule has 3 nitrogen and oxygen atoms in total. The summed E-state index contributed by atoms with van der Waals surface area (Å²) in [5.41, 5.74) is 0.893. The summed E-state index contributed by atoms with van der Waals surface area (Å²) in [6.45, 7) is 1.34. The van der Waals surface area contributed by atoms with Crippen LogP contribution >= 0.6 is 11.6 Å². The van der Waals surface area contributed by atoms with E-state index in [-0.39, 0.29) is 6.61 Å². The predicted molar refractivity (Wildman–Crippen MR) is 56.7 cm³/mol. The van der Waals surface area contributed by atoms with E-state index in [1.807, 2.05) is 0 Å². The highest BCUT2D eigenvalue weighted by Gasteiger charge is 2.12. The Morgan fingerprint density at radius 2 is 2.31 bits per heavy atom. The van der Waals surface area contributed by atoms with Crippen molar-refractivity contribution < 1.29 is 18.3 Å². The molecule has 0 unspecified atom stereocenters. The highest BCUT2D eigenvalue weighted by molar-refractivity contribution is 6.35. The third-order valence-electron chi connectivity index (χ3n) is 2.11. The summed E-state index contributed by atoms with van der Waals surface area (Å²) in [5.74, 6) is -0.407. The van der Waals surface area contributed by atoms with Gasteiger partial charge >= 0.3 is 5.97 Å². The molecule has 0 radical (unpaired) electrons. The molecule has 1 heterocycles. The Morgan fingerprint density at radius 1 is 1.56 bits per heavy atom. The van der Waals surface area contributed by atoms with Crippen LogP contribution in [0.1, 0.15) is 12.5 Å². The van der Waals surface area contributed by atoms with Crippen molar-refractivity contribution in [3.05, 3.63) is 34.8 Å². The average molecular weight is 243 g/mol. The van der Waals surface area contributed by atoms with Crippen molar-refractivity contribution in [3.8, 4) is 0 Å². The fraction of sp³-hybridized carbons (Fsp3) is 0.182. The number of halogens is 2. The lowest BCUT2D eigenvalue weighted by Crippen LogP contribution is -1.98. The number of furan rings is 1. The molecular formula is C11H8ClFO3. The van der Waals surface area contributed by atoms with Gasteiger partial charge in [-0.2, -0.15) is 4.39 Å². The molecule has 0 amide bonds. The number of carbonyl (C=O) groups is 1. The molecule has 0 atom stereocenters. The minimum atomic E-state index is -0.716. The van der Waals surface area contributed by atoms with E-state index in [9.17, 15) is 9.18 Å². The van der Waals surface area contributed by atoms with E-state index in [2.05, 4.69) is 0 Å². The van der Waals surface area contributed by atoms with E-state index in [1.165, 1.54) is 13.0 Å². The van der Waals surface area contributed by atoms with Crippen LogP contribution in [-0.2, 0) is 16.1 Å². The Hall–Kier alpha value is -1.55. The van der Waals surface area contributed by atoms with E-state index in [0.29, 0.717) is 21.6 Å². The van der Waals surface area contributed by atoms with E-state index < -0.39 is 12.0 Å². The molecule has 0 bridgehead atoms. The normalized spacial score (nSPS) is 10.7. The zero-order chi connectivity index (χ0) is 11.7. The monoisotopic (exact) mass is 242 g/mol. The molecule has 0 saturated carbocycles. The van der Waals surface area contributed by atoms with Crippen LogP contribution in [0.5, 0.6) is 0 Å². The molecule has 2 aromatic rings. The van der Waals surface area contributed by atoms with Crippen LogP contribution in [0, 0.1) is 6.01 Å². The van der Waals surface area contributed by atoms with Crippen molar-refractivity contribution in [2.24, 2.45) is 0 Å². The molecule has 0 saturated heterocycles. The molecule has 1 aromatic carbocycles. The Balaban J connectivity index is 2.45. The Labute approximate surface area is 95.7 Å². The quantitative estimate of drug-likeness (QED) is 0.759. The lowest BCUT2D eigenvalue weighted by Gasteiger charge is -2.03. The second kappa shape index (κ2) is 4.14. The van der Waals surface area contributed by atoms with Crippen molar-refractivity contribution in [1.82, 2.24) is 0 Å². The summed E-state index contributed by atoms with van der Waals surface area (Å²) in [4.78, 5) is 10.7. The molecule has 2 rings (SSSR count). The van der Waals surface area contributed by atoms with Crippen LogP contribution < -0.4 is 0 Å². The zero-order valence-corrected chi connectivity index (χ0v) is 9.18. The predicted octanol–water partition coefficient (Wildman–Crippen LogP) is 3.29. The summed E-state index contributed by atoms with van der Waals surface area (Å²) in [6.07, 6.45) is 0. The van der Waals surface area contributed by atoms with Crippen molar-refractivity contribution in [1.29, 1.82) is 0 Å². The summed E-state index contributed by atoms with van der Waals surface area (Å²) in [5, 5.41) is 0.873. The Kier molecular flexibility index (Phi) is 2.83. The lowest BCUT2D eigenvalue weighted by atomic mass is 10.1. The van der Waals surface area contributed by atoms with Crippen molar-refractivity contribution in [3.63, 3.8) is 0 Å². The van der Waals surface area contributed by atoms with Crippen molar-refractivity contribution in [2.75, 3.05) is 0 Å². The molecule has 84 valence electrons. The van der Waals surface area contributed by atoms with Crippen molar-refractivity contribution >= 4 is 28.5 Å². The summed E-state index contributed by atoms with van der Waals surface area (Å²) in [7, 11) is 0. The number of esters is 1. The topological polar surface area (TPSA) is 39.4 Å². The van der Waals surface area contributed by atoms with E-state index >= 15 is 0 Å². The number of hydrogen-bond acceptors (Lipinski definition) is 3. The summed E-state index contributed by atoms with van der Waals surface area (Å²) in [6, 6.07) is 3.73. The standard InChI is InChI=1S/C11H8ClFO3/c1-6(14)15-5-7-2-3-9(12)8-4-10(13)16-11(7)8/h2-4H,5H2,1H3. The molecule has 0 N–H and O–H groups in total. The summed E-state index contributed by atoms with van der Waals surface area (Å²) >= 11 is 5.87. The maximum atomic E-state index is 12.9. The second-order valence-corrected chi connectivity index (χ2v) is 3.69. The minimum Gasteiger partial charge on any atom is -0.461 e. The number of ether oxygens (including phenoxy) is 1. The Bertz CT molecular complexity index is 547. The largest absolute Gasteiger partial charge is 0.461 e. The third kappa shape index (κ3) is 2.02. The van der Waals surface area contributed by atoms with Gasteiger partial charge in [0.25, 0.3) is 6.01 Å². The van der Waals surface area contributed by atoms with Crippen LogP contribution in [0.2, 0.25) is 5.02 Å². The van der Waals surface area contributed by atoms with Gasteiger partial charge in [-0.3, -0.25) is 4.79 Å². The van der Waals surface area contributed by atoms with Gasteiger partial charge in [0.2, 0.25) is 0 Å². The maximum Gasteiger partial charge on any atom is 0.302 e. The van der Waals surface area contributed by atoms with Crippen LogP contribution in [0.25, 0.3) is 11.0 Å². The van der Waals surface area contributed by atoms with E-state index in [1.54, 1.807) is 12.1 Å². The molecule has 0 aliphatic heterocycles. The van der Waals surface area contributed by atoms with Crippen LogP contribution in [0.3, 0.4) is 0 Å². The molecule has 0 aliphatic carbocycles. The fourth-order valence-corrected chi connectivity index (χ4v) is 1.61. The minimum absolute atomic E-state index is 0.0377. The zero-order valence-electron chi connectivity index (χ0n) is 8.42. The van der Waals surface area contributed by atoms with Gasteiger partial charge in [-0.15, -0.1) is 0 Å². The molecule has 16 heavy (non-hydrogen) atoms. The molecule has 0 fully saturated rings. The summed E-state index contributed by atoms with van der Waals surface area (Å²) < 4.78 is 22.6. The SMILES string of the molecule is CC(=O)OCc1ccc(Cl)c2cc(F)oc12. The molecule has 0 aliphatic rings. The third-order valence-corrected chi connectivity index (χ3v) is 2.44. The maximum absolute atomic E-state index is 12.9. The van der Waals surface area contributed by atoms with Gasteiger partial charge in [0.05, 0.1) is 5.02 Å². The molecule has 1 aromatic heterocycles. The van der Waals surface area contributed by atoms with Gasteiger partial charge < -0.3 is 9.15 Å². The first-order valence-electron chi connectivity index (χ1n) is 4.57. The van der Waals surface area contributed by atoms with Gasteiger partial charge in [0.1, 0.15) is 12.2 Å². The molecular weight excluding hydrogens is 235 g/mol. The first-order chi connectivity index (χ1) is 7.58. The van der Waals surface area contributed by atoms with E-state index in [4.69, 9.17) is 20.8 Å². The van der Waals surface area contributed by atoms with Gasteiger partial charge in [0.15, 0.2) is 0 Å². The van der Waals surface area contributed by atoms with Gasteiger partial charge in [0, 0.05) is 23.9 Å². The van der Waals surface area contributed by atoms with Gasteiger partial charge in [-0.05, 0) is 6.07 Å². The van der Waals surface area contributed by atoms with E-state index in [0.717, 1.165) is 0 Å². The molecule has 0 spiro atoms. The van der Waals surface area contributed by atoms with Gasteiger partial charge in [-0.1, -0.05) is 17.7 Å². The number of fused-ring (bicyclic) bond motifs is 1. The average Bonchev–Trinajstić information content (AvgIpc) is 2.59. The van der Waals surface area contributed by atoms with Crippen LogP contribution in [-0.4, -0.2) is 5.97 Å². The second-order valence-electron chi connectivity index (χ2n) is 3.28. The number of hydrogen-bond donors (Lipinski definition) is 0. The first kappa shape index (κ1) is 11.0. The fourth-order valence-electron chi connectivity index (χ4n) is 1.41. The number of benzene rings is 1.